The second-order valence-corrected chi connectivity index (χ2v) is 9.99. The first-order valence-corrected chi connectivity index (χ1v) is 11.8. The summed E-state index contributed by atoms with van der Waals surface area (Å²) < 4.78 is 32.3. The molecule has 1 atom stereocenters. The summed E-state index contributed by atoms with van der Waals surface area (Å²) in [4.78, 5) is 12.5. The van der Waals surface area contributed by atoms with Crippen molar-refractivity contribution >= 4 is 27.3 Å². The molecule has 28 heavy (non-hydrogen) atoms. The van der Waals surface area contributed by atoms with E-state index in [2.05, 4.69) is 5.32 Å². The Morgan fingerprint density at radius 3 is 2.75 bits per heavy atom. The maximum atomic E-state index is 12.7. The lowest BCUT2D eigenvalue weighted by atomic mass is 9.99. The van der Waals surface area contributed by atoms with Crippen molar-refractivity contribution in [3.8, 4) is 5.75 Å². The molecule has 8 heteroatoms. The van der Waals surface area contributed by atoms with Crippen LogP contribution in [0.4, 0.5) is 0 Å². The predicted molar refractivity (Wildman–Crippen MR) is 110 cm³/mol. The Balaban J connectivity index is 1.46. The highest BCUT2D eigenvalue weighted by atomic mass is 32.2. The molecule has 0 radical (unpaired) electrons. The molecule has 1 N–H and O–H groups in total. The summed E-state index contributed by atoms with van der Waals surface area (Å²) in [5.41, 5.74) is 1.20. The first-order valence-electron chi connectivity index (χ1n) is 9.45. The van der Waals surface area contributed by atoms with Crippen molar-refractivity contribution in [1.82, 2.24) is 9.62 Å². The molecule has 2 aromatic rings. The number of methoxy groups -OCH3 is 1. The van der Waals surface area contributed by atoms with Crippen LogP contribution in [0, 0.1) is 5.92 Å². The summed E-state index contributed by atoms with van der Waals surface area (Å²) >= 11 is 1.21. The highest BCUT2D eigenvalue weighted by molar-refractivity contribution is 7.91. The molecule has 0 bridgehead atoms. The number of sulfonamides is 1. The Kier molecular flexibility index (Phi) is 7.09. The summed E-state index contributed by atoms with van der Waals surface area (Å²) in [6.07, 6.45) is 3.13. The molecule has 0 unspecified atom stereocenters. The molecule has 6 nitrogen and oxygen atoms in total. The van der Waals surface area contributed by atoms with Crippen molar-refractivity contribution in [2.75, 3.05) is 26.7 Å². The average Bonchev–Trinajstić information content (AvgIpc) is 3.27. The van der Waals surface area contributed by atoms with Crippen LogP contribution in [0.3, 0.4) is 0 Å². The van der Waals surface area contributed by atoms with Crippen LogP contribution in [0.1, 0.15) is 24.8 Å². The fourth-order valence-corrected chi connectivity index (χ4v) is 6.02. The third kappa shape index (κ3) is 5.12. The SMILES string of the molecule is COc1ccc(CCCNC(=O)[C@@H]2CCCN(S(=O)(=O)c3cccs3)C2)cc1. The first kappa shape index (κ1) is 20.8. The molecule has 3 rings (SSSR count). The lowest BCUT2D eigenvalue weighted by Gasteiger charge is -2.30. The molecular formula is C20H26N2O4S2. The third-order valence-electron chi connectivity index (χ3n) is 4.94. The maximum Gasteiger partial charge on any atom is 0.252 e. The number of nitrogens with one attached hydrogen (secondary N) is 1. The van der Waals surface area contributed by atoms with E-state index in [1.165, 1.54) is 21.2 Å². The number of benzene rings is 1. The van der Waals surface area contributed by atoms with Crippen molar-refractivity contribution in [3.05, 3.63) is 47.3 Å². The highest BCUT2D eigenvalue weighted by Gasteiger charge is 2.33. The van der Waals surface area contributed by atoms with Crippen LogP contribution >= 0.6 is 11.3 Å². The topological polar surface area (TPSA) is 75.7 Å². The third-order valence-corrected chi connectivity index (χ3v) is 8.18. The summed E-state index contributed by atoms with van der Waals surface area (Å²) in [5.74, 6) is 0.488. The molecule has 1 saturated heterocycles. The van der Waals surface area contributed by atoms with Crippen molar-refractivity contribution in [2.45, 2.75) is 29.9 Å². The number of carbonyl (C=O) groups is 1. The number of nitrogens with zero attached hydrogens (tertiary/aromatic N) is 1. The average molecular weight is 423 g/mol. The molecule has 0 saturated carbocycles. The molecule has 152 valence electrons. The molecule has 1 amide bonds. The fourth-order valence-electron chi connectivity index (χ4n) is 3.35. The number of rotatable bonds is 8. The summed E-state index contributed by atoms with van der Waals surface area (Å²) in [6.45, 7) is 1.31. The van der Waals surface area contributed by atoms with Crippen LogP contribution < -0.4 is 10.1 Å². The van der Waals surface area contributed by atoms with E-state index >= 15 is 0 Å². The molecule has 1 aromatic heterocycles. The molecule has 0 aliphatic carbocycles. The van der Waals surface area contributed by atoms with E-state index in [0.29, 0.717) is 23.7 Å². The second kappa shape index (κ2) is 9.54. The summed E-state index contributed by atoms with van der Waals surface area (Å²) in [5, 5.41) is 4.72. The Labute approximate surface area is 170 Å². The monoisotopic (exact) mass is 422 g/mol. The van der Waals surface area contributed by atoms with Gasteiger partial charge in [-0.15, -0.1) is 11.3 Å². The maximum absolute atomic E-state index is 12.7. The zero-order valence-electron chi connectivity index (χ0n) is 16.0. The van der Waals surface area contributed by atoms with Crippen LogP contribution in [-0.2, 0) is 21.2 Å². The lowest BCUT2D eigenvalue weighted by molar-refractivity contribution is -0.126. The van der Waals surface area contributed by atoms with Gasteiger partial charge in [-0.25, -0.2) is 8.42 Å². The minimum Gasteiger partial charge on any atom is -0.497 e. The number of thiophene rings is 1. The van der Waals surface area contributed by atoms with Crippen molar-refractivity contribution in [1.29, 1.82) is 0 Å². The number of ether oxygens (including phenoxy) is 1. The summed E-state index contributed by atoms with van der Waals surface area (Å²) in [6, 6.07) is 11.2. The Morgan fingerprint density at radius 1 is 1.29 bits per heavy atom. The smallest absolute Gasteiger partial charge is 0.252 e. The van der Waals surface area contributed by atoms with Gasteiger partial charge >= 0.3 is 0 Å². The van der Waals surface area contributed by atoms with Gasteiger partial charge in [0.05, 0.1) is 13.0 Å². The quantitative estimate of drug-likeness (QED) is 0.664. The van der Waals surface area contributed by atoms with Gasteiger partial charge in [-0.2, -0.15) is 4.31 Å². The zero-order chi connectivity index (χ0) is 20.0. The molecule has 0 spiro atoms. The van der Waals surface area contributed by atoms with E-state index in [9.17, 15) is 13.2 Å². The standard InChI is InChI=1S/C20H26N2O4S2/c1-26-18-10-8-16(9-11-18)5-2-12-21-20(23)17-6-3-13-22(15-17)28(24,25)19-7-4-14-27-19/h4,7-11,14,17H,2-3,5-6,12-13,15H2,1H3,(H,21,23)/t17-/m1/s1. The molecule has 2 heterocycles. The van der Waals surface area contributed by atoms with Crippen LogP contribution in [-0.4, -0.2) is 45.4 Å². The Bertz CT molecular complexity index is 864. The zero-order valence-corrected chi connectivity index (χ0v) is 17.6. The van der Waals surface area contributed by atoms with Gasteiger partial charge in [0.15, 0.2) is 0 Å². The highest BCUT2D eigenvalue weighted by Crippen LogP contribution is 2.26. The fraction of sp³-hybridized carbons (Fsp3) is 0.450. The van der Waals surface area contributed by atoms with E-state index in [-0.39, 0.29) is 18.4 Å². The van der Waals surface area contributed by atoms with Gasteiger partial charge in [0.25, 0.3) is 10.0 Å². The normalized spacial score (nSPS) is 18.0. The lowest BCUT2D eigenvalue weighted by Crippen LogP contribution is -2.45. The molecule has 1 aliphatic heterocycles. The van der Waals surface area contributed by atoms with Gasteiger partial charge in [-0.05, 0) is 54.8 Å². The number of carbonyl (C=O) groups excluding carboxylic acids is 1. The minimum absolute atomic E-state index is 0.0548. The van der Waals surface area contributed by atoms with Crippen LogP contribution in [0.25, 0.3) is 0 Å². The molecule has 1 aliphatic rings. The van der Waals surface area contributed by atoms with Crippen LogP contribution in [0.15, 0.2) is 46.0 Å². The van der Waals surface area contributed by atoms with Gasteiger partial charge < -0.3 is 10.1 Å². The Morgan fingerprint density at radius 2 is 2.07 bits per heavy atom. The number of amides is 1. The first-order chi connectivity index (χ1) is 13.5. The van der Waals surface area contributed by atoms with Crippen LogP contribution in [0.2, 0.25) is 0 Å². The number of piperidine rings is 1. The largest absolute Gasteiger partial charge is 0.497 e. The van der Waals surface area contributed by atoms with E-state index in [1.54, 1.807) is 24.6 Å². The second-order valence-electron chi connectivity index (χ2n) is 6.88. The number of hydrogen-bond acceptors (Lipinski definition) is 5. The minimum atomic E-state index is -3.49. The van der Waals surface area contributed by atoms with Crippen molar-refractivity contribution in [3.63, 3.8) is 0 Å². The predicted octanol–water partition coefficient (Wildman–Crippen LogP) is 2.91. The van der Waals surface area contributed by atoms with Crippen LogP contribution in [0.5, 0.6) is 5.75 Å². The van der Waals surface area contributed by atoms with Crippen molar-refractivity contribution < 1.29 is 17.9 Å². The van der Waals surface area contributed by atoms with Gasteiger partial charge in [-0.1, -0.05) is 18.2 Å². The van der Waals surface area contributed by atoms with Gasteiger partial charge in [0.1, 0.15) is 9.96 Å². The van der Waals surface area contributed by atoms with E-state index in [4.69, 9.17) is 4.74 Å². The van der Waals surface area contributed by atoms with Gasteiger partial charge in [-0.3, -0.25) is 4.79 Å². The molecule has 1 fully saturated rings. The number of hydrogen-bond donors (Lipinski definition) is 1. The molecule has 1 aromatic carbocycles. The summed E-state index contributed by atoms with van der Waals surface area (Å²) in [7, 11) is -1.85. The number of aryl methyl sites for hydroxylation is 1. The molecular weight excluding hydrogens is 396 g/mol. The Hall–Kier alpha value is -1.90. The van der Waals surface area contributed by atoms with E-state index in [1.807, 2.05) is 24.3 Å². The van der Waals surface area contributed by atoms with E-state index in [0.717, 1.165) is 25.0 Å². The van der Waals surface area contributed by atoms with Gasteiger partial charge in [0.2, 0.25) is 5.91 Å². The van der Waals surface area contributed by atoms with E-state index < -0.39 is 10.0 Å². The van der Waals surface area contributed by atoms with Gasteiger partial charge in [0, 0.05) is 19.6 Å². The van der Waals surface area contributed by atoms with Crippen molar-refractivity contribution in [2.24, 2.45) is 5.92 Å².